The Bertz CT molecular complexity index is 266. The summed E-state index contributed by atoms with van der Waals surface area (Å²) in [7, 11) is 0. The van der Waals surface area contributed by atoms with Gasteiger partial charge in [0.05, 0.1) is 6.20 Å². The second-order valence-corrected chi connectivity index (χ2v) is 3.56. The quantitative estimate of drug-likeness (QED) is 0.756. The molecule has 72 valence electrons. The maximum Gasteiger partial charge on any atom is 0.118 e. The van der Waals surface area contributed by atoms with Crippen molar-refractivity contribution in [2.75, 3.05) is 13.1 Å². The summed E-state index contributed by atoms with van der Waals surface area (Å²) in [5.41, 5.74) is 0.672. The molecule has 0 saturated carbocycles. The zero-order valence-corrected chi connectivity index (χ0v) is 7.54. The minimum atomic E-state index is -0.414. The topological polar surface area (TPSA) is 29.9 Å². The Kier molecular flexibility index (Phi) is 2.59. The van der Waals surface area contributed by atoms with Crippen LogP contribution in [0.5, 0.6) is 0 Å². The molecule has 3 nitrogen and oxygen atoms in total. The Hall–Kier alpha value is -0.900. The van der Waals surface area contributed by atoms with Crippen LogP contribution in [0.4, 0.5) is 4.39 Å². The van der Waals surface area contributed by atoms with Gasteiger partial charge < -0.3 is 5.32 Å². The molecular weight excluding hydrogens is 169 g/mol. The lowest BCUT2D eigenvalue weighted by molar-refractivity contribution is 0.447. The SMILES string of the molecule is FCc1cnn(CC2CCNC2)c1. The largest absolute Gasteiger partial charge is 0.316 e. The molecule has 1 unspecified atom stereocenters. The third kappa shape index (κ3) is 2.06. The fraction of sp³-hybridized carbons (Fsp3) is 0.667. The molecule has 0 aliphatic carbocycles. The van der Waals surface area contributed by atoms with E-state index >= 15 is 0 Å². The van der Waals surface area contributed by atoms with Crippen molar-refractivity contribution in [3.05, 3.63) is 18.0 Å². The van der Waals surface area contributed by atoms with E-state index in [1.165, 1.54) is 6.42 Å². The lowest BCUT2D eigenvalue weighted by Crippen LogP contribution is -2.14. The zero-order valence-electron chi connectivity index (χ0n) is 7.54. The average molecular weight is 183 g/mol. The monoisotopic (exact) mass is 183 g/mol. The maximum absolute atomic E-state index is 12.2. The predicted octanol–water partition coefficient (Wildman–Crippen LogP) is 0.962. The fourth-order valence-corrected chi connectivity index (χ4v) is 1.71. The van der Waals surface area contributed by atoms with Gasteiger partial charge in [0, 0.05) is 18.3 Å². The molecule has 0 spiro atoms. The number of nitrogens with zero attached hydrogens (tertiary/aromatic N) is 2. The van der Waals surface area contributed by atoms with Crippen LogP contribution in [0.15, 0.2) is 12.4 Å². The first-order valence-electron chi connectivity index (χ1n) is 4.66. The number of hydrogen-bond donors (Lipinski definition) is 1. The molecule has 0 radical (unpaired) electrons. The van der Waals surface area contributed by atoms with Crippen molar-refractivity contribution >= 4 is 0 Å². The second-order valence-electron chi connectivity index (χ2n) is 3.56. The summed E-state index contributed by atoms with van der Waals surface area (Å²) in [5, 5.41) is 7.40. The molecule has 0 aromatic carbocycles. The first kappa shape index (κ1) is 8.69. The molecule has 0 amide bonds. The van der Waals surface area contributed by atoms with Crippen LogP contribution in [0.1, 0.15) is 12.0 Å². The molecule has 13 heavy (non-hydrogen) atoms. The summed E-state index contributed by atoms with van der Waals surface area (Å²) in [6, 6.07) is 0. The third-order valence-electron chi connectivity index (χ3n) is 2.45. The standard InChI is InChI=1S/C9H14FN3/c10-3-9-5-12-13(7-9)6-8-1-2-11-4-8/h5,7-8,11H,1-4,6H2. The van der Waals surface area contributed by atoms with E-state index in [-0.39, 0.29) is 0 Å². The molecule has 1 atom stereocenters. The number of aromatic nitrogens is 2. The van der Waals surface area contributed by atoms with E-state index in [2.05, 4.69) is 10.4 Å². The molecule has 1 aromatic heterocycles. The molecule has 2 heterocycles. The molecule has 1 N–H and O–H groups in total. The summed E-state index contributed by atoms with van der Waals surface area (Å²) in [6.45, 7) is 2.66. The Morgan fingerprint density at radius 2 is 2.62 bits per heavy atom. The molecule has 0 bridgehead atoms. The lowest BCUT2D eigenvalue weighted by atomic mass is 10.1. The van der Waals surface area contributed by atoms with Crippen LogP contribution in [0, 0.1) is 5.92 Å². The van der Waals surface area contributed by atoms with Gasteiger partial charge in [-0.05, 0) is 25.4 Å². The number of hydrogen-bond acceptors (Lipinski definition) is 2. The Morgan fingerprint density at radius 1 is 1.69 bits per heavy atom. The zero-order chi connectivity index (χ0) is 9.10. The maximum atomic E-state index is 12.2. The van der Waals surface area contributed by atoms with E-state index in [9.17, 15) is 4.39 Å². The van der Waals surface area contributed by atoms with Gasteiger partial charge in [-0.3, -0.25) is 4.68 Å². The highest BCUT2D eigenvalue weighted by Crippen LogP contribution is 2.10. The summed E-state index contributed by atoms with van der Waals surface area (Å²) in [5.74, 6) is 0.660. The molecule has 1 fully saturated rings. The smallest absolute Gasteiger partial charge is 0.118 e. The highest BCUT2D eigenvalue weighted by molar-refractivity contribution is 5.01. The number of alkyl halides is 1. The lowest BCUT2D eigenvalue weighted by Gasteiger charge is -2.07. The van der Waals surface area contributed by atoms with E-state index in [1.54, 1.807) is 12.4 Å². The Balaban J connectivity index is 1.92. The Labute approximate surface area is 76.9 Å². The molecule has 1 aliphatic rings. The summed E-state index contributed by atoms with van der Waals surface area (Å²) < 4.78 is 14.0. The predicted molar refractivity (Wildman–Crippen MR) is 48.0 cm³/mol. The molecule has 1 aliphatic heterocycles. The van der Waals surface area contributed by atoms with Crippen LogP contribution in [-0.2, 0) is 13.2 Å². The van der Waals surface area contributed by atoms with Crippen molar-refractivity contribution in [2.24, 2.45) is 5.92 Å². The van der Waals surface area contributed by atoms with Gasteiger partial charge in [0.25, 0.3) is 0 Å². The first-order chi connectivity index (χ1) is 6.38. The van der Waals surface area contributed by atoms with Gasteiger partial charge in [-0.15, -0.1) is 0 Å². The van der Waals surface area contributed by atoms with Crippen molar-refractivity contribution in [3.8, 4) is 0 Å². The van der Waals surface area contributed by atoms with Crippen LogP contribution < -0.4 is 5.32 Å². The molecule has 1 saturated heterocycles. The van der Waals surface area contributed by atoms with Crippen LogP contribution in [0.3, 0.4) is 0 Å². The molecule has 1 aromatic rings. The summed E-state index contributed by atoms with van der Waals surface area (Å²) >= 11 is 0. The molecular formula is C9H14FN3. The number of halogens is 1. The van der Waals surface area contributed by atoms with Crippen molar-refractivity contribution in [1.29, 1.82) is 0 Å². The van der Waals surface area contributed by atoms with Gasteiger partial charge >= 0.3 is 0 Å². The van der Waals surface area contributed by atoms with E-state index in [0.717, 1.165) is 19.6 Å². The van der Waals surface area contributed by atoms with Gasteiger partial charge in [0.1, 0.15) is 6.67 Å². The summed E-state index contributed by atoms with van der Waals surface area (Å²) in [4.78, 5) is 0. The highest BCUT2D eigenvalue weighted by atomic mass is 19.1. The molecule has 2 rings (SSSR count). The van der Waals surface area contributed by atoms with E-state index < -0.39 is 6.67 Å². The van der Waals surface area contributed by atoms with Gasteiger partial charge in [-0.1, -0.05) is 0 Å². The van der Waals surface area contributed by atoms with Crippen molar-refractivity contribution in [2.45, 2.75) is 19.6 Å². The highest BCUT2D eigenvalue weighted by Gasteiger charge is 2.14. The molecule has 4 heteroatoms. The number of nitrogens with one attached hydrogen (secondary N) is 1. The van der Waals surface area contributed by atoms with Gasteiger partial charge in [0.2, 0.25) is 0 Å². The van der Waals surface area contributed by atoms with E-state index in [0.29, 0.717) is 11.5 Å². The summed E-state index contributed by atoms with van der Waals surface area (Å²) in [6.07, 6.45) is 4.59. The number of rotatable bonds is 3. The van der Waals surface area contributed by atoms with Gasteiger partial charge in [0.15, 0.2) is 0 Å². The minimum absolute atomic E-state index is 0.414. The van der Waals surface area contributed by atoms with Crippen LogP contribution in [0.2, 0.25) is 0 Å². The van der Waals surface area contributed by atoms with E-state index in [4.69, 9.17) is 0 Å². The fourth-order valence-electron chi connectivity index (χ4n) is 1.71. The van der Waals surface area contributed by atoms with Gasteiger partial charge in [-0.2, -0.15) is 5.10 Å². The first-order valence-corrected chi connectivity index (χ1v) is 4.66. The second kappa shape index (κ2) is 3.87. The van der Waals surface area contributed by atoms with Crippen molar-refractivity contribution < 1.29 is 4.39 Å². The van der Waals surface area contributed by atoms with Crippen LogP contribution in [-0.4, -0.2) is 22.9 Å². The normalized spacial score (nSPS) is 22.4. The van der Waals surface area contributed by atoms with Crippen molar-refractivity contribution in [3.63, 3.8) is 0 Å². The Morgan fingerprint density at radius 3 is 3.23 bits per heavy atom. The van der Waals surface area contributed by atoms with Crippen molar-refractivity contribution in [1.82, 2.24) is 15.1 Å². The van der Waals surface area contributed by atoms with Crippen LogP contribution >= 0.6 is 0 Å². The average Bonchev–Trinajstić information content (AvgIpc) is 2.76. The third-order valence-corrected chi connectivity index (χ3v) is 2.45. The van der Waals surface area contributed by atoms with Gasteiger partial charge in [-0.25, -0.2) is 4.39 Å². The minimum Gasteiger partial charge on any atom is -0.316 e. The van der Waals surface area contributed by atoms with Crippen LogP contribution in [0.25, 0.3) is 0 Å². The van der Waals surface area contributed by atoms with E-state index in [1.807, 2.05) is 4.68 Å².